The zero-order valence-corrected chi connectivity index (χ0v) is 7.18. The quantitative estimate of drug-likeness (QED) is 0.663. The lowest BCUT2D eigenvalue weighted by Gasteiger charge is -1.97. The smallest absolute Gasteiger partial charge is 0.140 e. The Morgan fingerprint density at radius 3 is 2.79 bits per heavy atom. The molecule has 0 fully saturated rings. The first kappa shape index (κ1) is 8.32. The Balaban J connectivity index is 2.40. The summed E-state index contributed by atoms with van der Waals surface area (Å²) in [5.41, 5.74) is 1.92. The maximum absolute atomic E-state index is 8.55. The van der Waals surface area contributed by atoms with Gasteiger partial charge in [-0.05, 0) is 12.1 Å². The second kappa shape index (κ2) is 3.62. The summed E-state index contributed by atoms with van der Waals surface area (Å²) in [5.74, 6) is 0. The van der Waals surface area contributed by atoms with E-state index in [0.717, 1.165) is 5.56 Å². The monoisotopic (exact) mass is 181 g/mol. The van der Waals surface area contributed by atoms with Crippen molar-refractivity contribution in [3.05, 3.63) is 42.6 Å². The van der Waals surface area contributed by atoms with Crippen molar-refractivity contribution in [2.75, 3.05) is 0 Å². The van der Waals surface area contributed by atoms with E-state index in [1.807, 2.05) is 6.07 Å². The molecule has 0 aromatic carbocycles. The predicted octanol–water partition coefficient (Wildman–Crippen LogP) is 1.21. The molecule has 0 saturated heterocycles. The average Bonchev–Trinajstić information content (AvgIpc) is 2.30. The standard InChI is InChI=1S/C10H5N4/c11-5-9-2-1-8(6-14-9)10-7-12-3-4-13-10/h1-3,6-7H. The summed E-state index contributed by atoms with van der Waals surface area (Å²) in [4.78, 5) is 11.8. The zero-order chi connectivity index (χ0) is 9.80. The first-order chi connectivity index (χ1) is 6.90. The van der Waals surface area contributed by atoms with Crippen molar-refractivity contribution in [2.45, 2.75) is 0 Å². The van der Waals surface area contributed by atoms with Gasteiger partial charge in [0.25, 0.3) is 0 Å². The molecule has 0 N–H and O–H groups in total. The molecule has 2 aromatic rings. The predicted molar refractivity (Wildman–Crippen MR) is 48.8 cm³/mol. The van der Waals surface area contributed by atoms with Crippen LogP contribution in [0, 0.1) is 17.5 Å². The molecule has 1 radical (unpaired) electrons. The summed E-state index contributed by atoms with van der Waals surface area (Å²) >= 11 is 0. The van der Waals surface area contributed by atoms with Gasteiger partial charge in [0.2, 0.25) is 0 Å². The summed E-state index contributed by atoms with van der Waals surface area (Å²) in [6, 6.07) is 5.37. The average molecular weight is 181 g/mol. The summed E-state index contributed by atoms with van der Waals surface area (Å²) < 4.78 is 0. The number of hydrogen-bond acceptors (Lipinski definition) is 4. The Labute approximate surface area is 80.9 Å². The Kier molecular flexibility index (Phi) is 2.15. The van der Waals surface area contributed by atoms with Crippen LogP contribution in [0.3, 0.4) is 0 Å². The van der Waals surface area contributed by atoms with Gasteiger partial charge in [-0.15, -0.1) is 0 Å². The molecule has 0 unspecified atom stereocenters. The lowest BCUT2D eigenvalue weighted by atomic mass is 10.2. The molecule has 0 spiro atoms. The van der Waals surface area contributed by atoms with Crippen molar-refractivity contribution in [1.82, 2.24) is 15.0 Å². The summed E-state index contributed by atoms with van der Waals surface area (Å²) in [6.07, 6.45) is 7.34. The highest BCUT2D eigenvalue weighted by Gasteiger charge is 1.99. The van der Waals surface area contributed by atoms with Crippen LogP contribution in [0.1, 0.15) is 5.69 Å². The number of aromatic nitrogens is 3. The summed E-state index contributed by atoms with van der Waals surface area (Å²) in [5, 5.41) is 8.55. The van der Waals surface area contributed by atoms with Crippen LogP contribution in [-0.2, 0) is 0 Å². The lowest BCUT2D eigenvalue weighted by molar-refractivity contribution is 1.18. The van der Waals surface area contributed by atoms with Crippen LogP contribution in [-0.4, -0.2) is 15.0 Å². The minimum atomic E-state index is 0.390. The maximum Gasteiger partial charge on any atom is 0.140 e. The largest absolute Gasteiger partial charge is 0.260 e. The van der Waals surface area contributed by atoms with Gasteiger partial charge in [0.1, 0.15) is 18.0 Å². The van der Waals surface area contributed by atoms with Gasteiger partial charge in [0.05, 0.1) is 18.1 Å². The van der Waals surface area contributed by atoms with Crippen molar-refractivity contribution < 1.29 is 0 Å². The molecular weight excluding hydrogens is 176 g/mol. The number of rotatable bonds is 1. The molecule has 0 amide bonds. The maximum atomic E-state index is 8.55. The van der Waals surface area contributed by atoms with E-state index in [-0.39, 0.29) is 0 Å². The topological polar surface area (TPSA) is 62.5 Å². The molecule has 0 aliphatic heterocycles. The molecule has 4 heteroatoms. The molecule has 0 bridgehead atoms. The second-order valence-electron chi connectivity index (χ2n) is 2.58. The fourth-order valence-electron chi connectivity index (χ4n) is 1.02. The van der Waals surface area contributed by atoms with Gasteiger partial charge in [-0.2, -0.15) is 5.26 Å². The highest BCUT2D eigenvalue weighted by Crippen LogP contribution is 2.13. The van der Waals surface area contributed by atoms with Crippen molar-refractivity contribution in [2.24, 2.45) is 0 Å². The van der Waals surface area contributed by atoms with E-state index in [1.54, 1.807) is 24.5 Å². The van der Waals surface area contributed by atoms with Crippen LogP contribution < -0.4 is 0 Å². The minimum absolute atomic E-state index is 0.390. The summed E-state index contributed by atoms with van der Waals surface area (Å²) in [6.45, 7) is 0. The SMILES string of the molecule is N#Cc1ccc(-c2cnc[c]n2)cn1. The van der Waals surface area contributed by atoms with Gasteiger partial charge in [0, 0.05) is 11.8 Å². The van der Waals surface area contributed by atoms with E-state index in [0.29, 0.717) is 11.4 Å². The number of nitrogens with zero attached hydrogens (tertiary/aromatic N) is 4. The van der Waals surface area contributed by atoms with Crippen LogP contribution in [0.25, 0.3) is 11.3 Å². The van der Waals surface area contributed by atoms with Crippen molar-refractivity contribution in [3.8, 4) is 17.3 Å². The zero-order valence-electron chi connectivity index (χ0n) is 7.18. The van der Waals surface area contributed by atoms with E-state index in [4.69, 9.17) is 5.26 Å². The van der Waals surface area contributed by atoms with E-state index in [2.05, 4.69) is 21.1 Å². The molecule has 4 nitrogen and oxygen atoms in total. The number of nitriles is 1. The molecule has 0 atom stereocenters. The highest BCUT2D eigenvalue weighted by atomic mass is 14.8. The van der Waals surface area contributed by atoms with E-state index >= 15 is 0 Å². The van der Waals surface area contributed by atoms with Gasteiger partial charge < -0.3 is 0 Å². The first-order valence-electron chi connectivity index (χ1n) is 3.95. The number of hydrogen-bond donors (Lipinski definition) is 0. The van der Waals surface area contributed by atoms with Crippen LogP contribution in [0.2, 0.25) is 0 Å². The Morgan fingerprint density at radius 2 is 2.21 bits per heavy atom. The first-order valence-corrected chi connectivity index (χ1v) is 3.95. The van der Waals surface area contributed by atoms with Crippen LogP contribution in [0.4, 0.5) is 0 Å². The van der Waals surface area contributed by atoms with Gasteiger partial charge in [-0.25, -0.2) is 9.97 Å². The van der Waals surface area contributed by atoms with Gasteiger partial charge >= 0.3 is 0 Å². The molecule has 65 valence electrons. The molecule has 2 aromatic heterocycles. The number of pyridine rings is 1. The molecule has 0 aliphatic carbocycles. The molecule has 2 heterocycles. The van der Waals surface area contributed by atoms with Gasteiger partial charge in [-0.1, -0.05) is 0 Å². The minimum Gasteiger partial charge on any atom is -0.260 e. The van der Waals surface area contributed by atoms with E-state index in [9.17, 15) is 0 Å². The second-order valence-corrected chi connectivity index (χ2v) is 2.58. The molecule has 0 saturated carbocycles. The van der Waals surface area contributed by atoms with E-state index < -0.39 is 0 Å². The van der Waals surface area contributed by atoms with E-state index in [1.165, 1.54) is 6.20 Å². The van der Waals surface area contributed by atoms with Crippen molar-refractivity contribution in [1.29, 1.82) is 5.26 Å². The fourth-order valence-corrected chi connectivity index (χ4v) is 1.02. The van der Waals surface area contributed by atoms with Crippen LogP contribution in [0.5, 0.6) is 0 Å². The summed E-state index contributed by atoms with van der Waals surface area (Å²) in [7, 11) is 0. The van der Waals surface area contributed by atoms with Gasteiger partial charge in [0.15, 0.2) is 0 Å². The molecule has 14 heavy (non-hydrogen) atoms. The fraction of sp³-hybridized carbons (Fsp3) is 0. The normalized spacial score (nSPS) is 9.36. The van der Waals surface area contributed by atoms with Gasteiger partial charge in [-0.3, -0.25) is 4.98 Å². The third-order valence-electron chi connectivity index (χ3n) is 1.69. The Bertz CT molecular complexity index is 456. The molecular formula is C10H5N4. The highest BCUT2D eigenvalue weighted by molar-refractivity contribution is 5.56. The van der Waals surface area contributed by atoms with Crippen LogP contribution in [0.15, 0.2) is 30.7 Å². The van der Waals surface area contributed by atoms with Crippen molar-refractivity contribution >= 4 is 0 Å². The molecule has 2 rings (SSSR count). The lowest BCUT2D eigenvalue weighted by Crippen LogP contribution is -1.87. The molecule has 0 aliphatic rings. The van der Waals surface area contributed by atoms with Crippen LogP contribution >= 0.6 is 0 Å². The Hall–Kier alpha value is -2.28. The third kappa shape index (κ3) is 1.57. The van der Waals surface area contributed by atoms with Crippen molar-refractivity contribution in [3.63, 3.8) is 0 Å². The third-order valence-corrected chi connectivity index (χ3v) is 1.69. The Morgan fingerprint density at radius 1 is 1.29 bits per heavy atom.